The van der Waals surface area contributed by atoms with E-state index in [-0.39, 0.29) is 5.69 Å². The van der Waals surface area contributed by atoms with Gasteiger partial charge in [-0.15, -0.1) is 0 Å². The predicted molar refractivity (Wildman–Crippen MR) is 66.8 cm³/mol. The Bertz CT molecular complexity index is 340. The summed E-state index contributed by atoms with van der Waals surface area (Å²) < 4.78 is 3.53. The lowest BCUT2D eigenvalue weighted by Crippen LogP contribution is -2.24. The number of unbranched alkanes of at least 4 members (excludes halogenated alkanes) is 1. The molecule has 0 fully saturated rings. The smallest absolute Gasteiger partial charge is 0.317 e. The average molecular weight is 225 g/mol. The molecule has 92 valence electrons. The molecule has 1 aromatic rings. The summed E-state index contributed by atoms with van der Waals surface area (Å²) in [5.41, 5.74) is 0.115. The van der Waals surface area contributed by atoms with Gasteiger partial charge in [0.25, 0.3) is 0 Å². The summed E-state index contributed by atoms with van der Waals surface area (Å²) in [7, 11) is 0. The lowest BCUT2D eigenvalue weighted by Gasteiger charge is -2.03. The second-order valence-electron chi connectivity index (χ2n) is 4.02. The molecule has 0 saturated heterocycles. The highest BCUT2D eigenvalue weighted by atomic mass is 16.1. The van der Waals surface area contributed by atoms with Crippen LogP contribution in [0, 0.1) is 0 Å². The first-order chi connectivity index (χ1) is 7.79. The number of nitrogens with one attached hydrogen (secondary N) is 1. The van der Waals surface area contributed by atoms with Gasteiger partial charge in [-0.05, 0) is 39.3 Å². The SMILES string of the molecule is CCCNCCCCn1ccn(CC)c1=O. The summed E-state index contributed by atoms with van der Waals surface area (Å²) in [5, 5.41) is 3.36. The van der Waals surface area contributed by atoms with Crippen molar-refractivity contribution in [1.29, 1.82) is 0 Å². The molecule has 0 aromatic carbocycles. The summed E-state index contributed by atoms with van der Waals surface area (Å²) in [6.07, 6.45) is 7.11. The summed E-state index contributed by atoms with van der Waals surface area (Å²) >= 11 is 0. The Morgan fingerprint density at radius 3 is 2.50 bits per heavy atom. The molecule has 1 N–H and O–H groups in total. The number of nitrogens with zero attached hydrogens (tertiary/aromatic N) is 2. The van der Waals surface area contributed by atoms with Gasteiger partial charge < -0.3 is 5.32 Å². The third-order valence-electron chi connectivity index (χ3n) is 2.69. The Balaban J connectivity index is 2.22. The van der Waals surface area contributed by atoms with Crippen LogP contribution in [-0.2, 0) is 13.1 Å². The van der Waals surface area contributed by atoms with Gasteiger partial charge in [0.05, 0.1) is 0 Å². The van der Waals surface area contributed by atoms with Crippen molar-refractivity contribution >= 4 is 0 Å². The molecule has 0 aliphatic carbocycles. The Morgan fingerprint density at radius 2 is 1.88 bits per heavy atom. The Labute approximate surface area is 97.3 Å². The summed E-state index contributed by atoms with van der Waals surface area (Å²) in [5.74, 6) is 0. The van der Waals surface area contributed by atoms with E-state index in [1.165, 1.54) is 6.42 Å². The van der Waals surface area contributed by atoms with E-state index in [4.69, 9.17) is 0 Å². The summed E-state index contributed by atoms with van der Waals surface area (Å²) in [4.78, 5) is 11.7. The van der Waals surface area contributed by atoms with Crippen LogP contribution in [0.1, 0.15) is 33.1 Å². The van der Waals surface area contributed by atoms with E-state index in [9.17, 15) is 4.79 Å². The second-order valence-corrected chi connectivity index (χ2v) is 4.02. The first-order valence-corrected chi connectivity index (χ1v) is 6.25. The Hall–Kier alpha value is -1.03. The quantitative estimate of drug-likeness (QED) is 0.680. The zero-order valence-corrected chi connectivity index (χ0v) is 10.4. The van der Waals surface area contributed by atoms with Gasteiger partial charge in [-0.25, -0.2) is 4.79 Å². The van der Waals surface area contributed by atoms with Crippen molar-refractivity contribution in [2.24, 2.45) is 0 Å². The van der Waals surface area contributed by atoms with E-state index in [0.29, 0.717) is 0 Å². The van der Waals surface area contributed by atoms with Crippen LogP contribution in [-0.4, -0.2) is 22.2 Å². The first-order valence-electron chi connectivity index (χ1n) is 6.25. The third kappa shape index (κ3) is 3.85. The van der Waals surface area contributed by atoms with Crippen molar-refractivity contribution in [1.82, 2.24) is 14.5 Å². The van der Waals surface area contributed by atoms with Gasteiger partial charge in [-0.1, -0.05) is 6.92 Å². The van der Waals surface area contributed by atoms with Gasteiger partial charge in [-0.2, -0.15) is 0 Å². The molecule has 0 unspecified atom stereocenters. The van der Waals surface area contributed by atoms with Crippen molar-refractivity contribution in [2.75, 3.05) is 13.1 Å². The van der Waals surface area contributed by atoms with Crippen LogP contribution in [0.25, 0.3) is 0 Å². The van der Waals surface area contributed by atoms with Crippen LogP contribution in [0.2, 0.25) is 0 Å². The summed E-state index contributed by atoms with van der Waals surface area (Å²) in [6, 6.07) is 0. The van der Waals surface area contributed by atoms with E-state index in [0.717, 1.165) is 39.0 Å². The fraction of sp³-hybridized carbons (Fsp3) is 0.750. The van der Waals surface area contributed by atoms with Crippen LogP contribution in [0.5, 0.6) is 0 Å². The molecule has 0 bridgehead atoms. The van der Waals surface area contributed by atoms with Gasteiger partial charge in [0, 0.05) is 25.5 Å². The molecule has 4 nitrogen and oxygen atoms in total. The third-order valence-corrected chi connectivity index (χ3v) is 2.69. The maximum atomic E-state index is 11.7. The van der Waals surface area contributed by atoms with Crippen LogP contribution < -0.4 is 11.0 Å². The number of hydrogen-bond donors (Lipinski definition) is 1. The van der Waals surface area contributed by atoms with Crippen molar-refractivity contribution in [3.05, 3.63) is 22.9 Å². The van der Waals surface area contributed by atoms with Gasteiger partial charge in [0.15, 0.2) is 0 Å². The fourth-order valence-corrected chi connectivity index (χ4v) is 1.70. The molecule has 0 atom stereocenters. The Morgan fingerprint density at radius 1 is 1.12 bits per heavy atom. The molecule has 16 heavy (non-hydrogen) atoms. The van der Waals surface area contributed by atoms with E-state index in [1.807, 2.05) is 19.3 Å². The van der Waals surface area contributed by atoms with Crippen LogP contribution in [0.15, 0.2) is 17.2 Å². The van der Waals surface area contributed by atoms with E-state index < -0.39 is 0 Å². The minimum Gasteiger partial charge on any atom is -0.317 e. The second kappa shape index (κ2) is 7.28. The topological polar surface area (TPSA) is 39.0 Å². The maximum Gasteiger partial charge on any atom is 0.328 e. The normalized spacial score (nSPS) is 10.9. The maximum absolute atomic E-state index is 11.7. The largest absolute Gasteiger partial charge is 0.328 e. The highest BCUT2D eigenvalue weighted by molar-refractivity contribution is 4.80. The van der Waals surface area contributed by atoms with Crippen molar-refractivity contribution < 1.29 is 0 Å². The first kappa shape index (κ1) is 13.0. The molecule has 1 aromatic heterocycles. The minimum absolute atomic E-state index is 0.115. The number of rotatable bonds is 8. The number of hydrogen-bond acceptors (Lipinski definition) is 2. The van der Waals surface area contributed by atoms with Crippen molar-refractivity contribution in [3.8, 4) is 0 Å². The molecule has 0 aliphatic heterocycles. The molecular formula is C12H23N3O. The molecule has 4 heteroatoms. The number of aromatic nitrogens is 2. The molecule has 1 heterocycles. The van der Waals surface area contributed by atoms with E-state index in [1.54, 1.807) is 9.13 Å². The van der Waals surface area contributed by atoms with Crippen LogP contribution in [0.3, 0.4) is 0 Å². The van der Waals surface area contributed by atoms with Crippen LogP contribution in [0.4, 0.5) is 0 Å². The van der Waals surface area contributed by atoms with Gasteiger partial charge in [-0.3, -0.25) is 9.13 Å². The fourth-order valence-electron chi connectivity index (χ4n) is 1.70. The molecule has 0 spiro atoms. The average Bonchev–Trinajstić information content (AvgIpc) is 2.65. The van der Waals surface area contributed by atoms with Gasteiger partial charge in [0.1, 0.15) is 0 Å². The molecule has 1 rings (SSSR count). The zero-order valence-electron chi connectivity index (χ0n) is 10.4. The molecule has 0 saturated carbocycles. The number of aryl methyl sites for hydroxylation is 2. The Kier molecular flexibility index (Phi) is 5.93. The minimum atomic E-state index is 0.115. The standard InChI is InChI=1S/C12H23N3O/c1-3-7-13-8-5-6-9-15-11-10-14(4-2)12(15)16/h10-11,13H,3-9H2,1-2H3. The van der Waals surface area contributed by atoms with Crippen molar-refractivity contribution in [2.45, 2.75) is 46.2 Å². The molecular weight excluding hydrogens is 202 g/mol. The lowest BCUT2D eigenvalue weighted by molar-refractivity contribution is 0.549. The monoisotopic (exact) mass is 225 g/mol. The molecule has 0 amide bonds. The molecule has 0 aliphatic rings. The number of imidazole rings is 1. The van der Waals surface area contributed by atoms with Crippen molar-refractivity contribution in [3.63, 3.8) is 0 Å². The highest BCUT2D eigenvalue weighted by Gasteiger charge is 2.00. The summed E-state index contributed by atoms with van der Waals surface area (Å²) in [6.45, 7) is 7.88. The van der Waals surface area contributed by atoms with E-state index in [2.05, 4.69) is 12.2 Å². The highest BCUT2D eigenvalue weighted by Crippen LogP contribution is 1.93. The lowest BCUT2D eigenvalue weighted by atomic mass is 10.3. The van der Waals surface area contributed by atoms with Gasteiger partial charge in [0.2, 0.25) is 0 Å². The van der Waals surface area contributed by atoms with Gasteiger partial charge >= 0.3 is 5.69 Å². The zero-order chi connectivity index (χ0) is 11.8. The van der Waals surface area contributed by atoms with E-state index >= 15 is 0 Å². The van der Waals surface area contributed by atoms with Crippen LogP contribution >= 0.6 is 0 Å². The molecule has 0 radical (unpaired) electrons. The predicted octanol–water partition coefficient (Wildman–Crippen LogP) is 1.45.